The summed E-state index contributed by atoms with van der Waals surface area (Å²) >= 11 is 6.08. The third-order valence-corrected chi connectivity index (χ3v) is 4.23. The van der Waals surface area contributed by atoms with Crippen LogP contribution in [0.15, 0.2) is 24.3 Å². The van der Waals surface area contributed by atoms with Gasteiger partial charge in [-0.05, 0) is 55.3 Å². The van der Waals surface area contributed by atoms with E-state index >= 15 is 0 Å². The molecule has 0 heterocycles. The molecule has 1 aliphatic carbocycles. The molecule has 1 fully saturated rings. The average Bonchev–Trinajstić information content (AvgIpc) is 2.68. The second-order valence-corrected chi connectivity index (χ2v) is 5.60. The lowest BCUT2D eigenvalue weighted by Crippen LogP contribution is -2.32. The molecule has 94 valence electrons. The minimum absolute atomic E-state index is 0.669. The van der Waals surface area contributed by atoms with Gasteiger partial charge in [0.25, 0.3) is 0 Å². The van der Waals surface area contributed by atoms with E-state index in [1.807, 2.05) is 6.07 Å². The quantitative estimate of drug-likeness (QED) is 0.845. The average molecular weight is 252 g/mol. The van der Waals surface area contributed by atoms with Crippen molar-refractivity contribution < 1.29 is 0 Å². The number of nitrogens with one attached hydrogen (secondary N) is 1. The fraction of sp³-hybridized carbons (Fsp3) is 0.600. The fourth-order valence-corrected chi connectivity index (χ4v) is 3.19. The second-order valence-electron chi connectivity index (χ2n) is 5.16. The van der Waals surface area contributed by atoms with Gasteiger partial charge in [0, 0.05) is 11.1 Å². The molecule has 1 aliphatic rings. The molecule has 0 saturated heterocycles. The summed E-state index contributed by atoms with van der Waals surface area (Å²) in [6, 6.07) is 9.05. The van der Waals surface area contributed by atoms with Crippen molar-refractivity contribution in [2.45, 2.75) is 45.1 Å². The zero-order valence-electron chi connectivity index (χ0n) is 10.7. The lowest BCUT2D eigenvalue weighted by Gasteiger charge is -2.22. The molecule has 0 radical (unpaired) electrons. The third-order valence-electron chi connectivity index (χ3n) is 3.99. The molecule has 1 N–H and O–H groups in total. The summed E-state index contributed by atoms with van der Waals surface area (Å²) in [6.07, 6.45) is 3.78. The maximum atomic E-state index is 6.08. The van der Waals surface area contributed by atoms with Crippen LogP contribution >= 0.6 is 11.6 Å². The largest absolute Gasteiger partial charge is 0.314 e. The summed E-state index contributed by atoms with van der Waals surface area (Å²) in [4.78, 5) is 0. The summed E-state index contributed by atoms with van der Waals surface area (Å²) in [5, 5.41) is 4.52. The van der Waals surface area contributed by atoms with Crippen LogP contribution in [0.4, 0.5) is 0 Å². The van der Waals surface area contributed by atoms with E-state index in [4.69, 9.17) is 11.6 Å². The van der Waals surface area contributed by atoms with Gasteiger partial charge in [0.1, 0.15) is 0 Å². The van der Waals surface area contributed by atoms with Crippen LogP contribution in [0.25, 0.3) is 0 Å². The van der Waals surface area contributed by atoms with Gasteiger partial charge >= 0.3 is 0 Å². The van der Waals surface area contributed by atoms with Gasteiger partial charge in [-0.2, -0.15) is 0 Å². The molecule has 1 saturated carbocycles. The van der Waals surface area contributed by atoms with Crippen molar-refractivity contribution in [3.63, 3.8) is 0 Å². The number of benzene rings is 1. The summed E-state index contributed by atoms with van der Waals surface area (Å²) in [6.45, 7) is 5.73. The van der Waals surface area contributed by atoms with Gasteiger partial charge in [0.2, 0.25) is 0 Å². The summed E-state index contributed by atoms with van der Waals surface area (Å²) in [7, 11) is 0. The Kier molecular flexibility index (Phi) is 4.47. The van der Waals surface area contributed by atoms with E-state index in [-0.39, 0.29) is 0 Å². The number of halogens is 1. The fourth-order valence-electron chi connectivity index (χ4n) is 2.99. The van der Waals surface area contributed by atoms with Crippen LogP contribution in [0.1, 0.15) is 44.6 Å². The number of hydrogen-bond donors (Lipinski definition) is 1. The van der Waals surface area contributed by atoms with Crippen molar-refractivity contribution in [1.82, 2.24) is 5.32 Å². The molecule has 17 heavy (non-hydrogen) atoms. The molecule has 3 unspecified atom stereocenters. The Morgan fingerprint density at radius 3 is 2.88 bits per heavy atom. The highest BCUT2D eigenvalue weighted by Gasteiger charge is 2.33. The highest BCUT2D eigenvalue weighted by atomic mass is 35.5. The van der Waals surface area contributed by atoms with Crippen LogP contribution in [0.2, 0.25) is 5.02 Å². The van der Waals surface area contributed by atoms with Crippen LogP contribution in [0.5, 0.6) is 0 Å². The Morgan fingerprint density at radius 1 is 1.35 bits per heavy atom. The van der Waals surface area contributed by atoms with Gasteiger partial charge in [-0.15, -0.1) is 0 Å². The minimum atomic E-state index is 0.669. The first-order valence-corrected chi connectivity index (χ1v) is 7.09. The zero-order chi connectivity index (χ0) is 12.3. The molecule has 3 atom stereocenters. The van der Waals surface area contributed by atoms with Crippen molar-refractivity contribution in [2.75, 3.05) is 6.54 Å². The summed E-state index contributed by atoms with van der Waals surface area (Å²) < 4.78 is 0. The van der Waals surface area contributed by atoms with Crippen molar-refractivity contribution in [3.8, 4) is 0 Å². The first-order chi connectivity index (χ1) is 8.22. The van der Waals surface area contributed by atoms with Crippen molar-refractivity contribution in [3.05, 3.63) is 34.9 Å². The topological polar surface area (TPSA) is 12.0 Å². The van der Waals surface area contributed by atoms with E-state index in [1.165, 1.54) is 24.8 Å². The molecule has 1 aromatic rings. The lowest BCUT2D eigenvalue weighted by molar-refractivity contribution is 0.405. The Bertz CT molecular complexity index is 364. The SMILES string of the molecule is CCCNC1CCC(c2cccc(Cl)c2)C1C. The minimum Gasteiger partial charge on any atom is -0.314 e. The van der Waals surface area contributed by atoms with Gasteiger partial charge in [-0.3, -0.25) is 0 Å². The van der Waals surface area contributed by atoms with E-state index in [0.29, 0.717) is 17.9 Å². The predicted molar refractivity (Wildman–Crippen MR) is 74.7 cm³/mol. The maximum absolute atomic E-state index is 6.08. The van der Waals surface area contributed by atoms with Crippen LogP contribution in [-0.4, -0.2) is 12.6 Å². The van der Waals surface area contributed by atoms with E-state index in [9.17, 15) is 0 Å². The molecule has 1 aromatic carbocycles. The molecule has 2 heteroatoms. The van der Waals surface area contributed by atoms with Crippen LogP contribution in [-0.2, 0) is 0 Å². The molecule has 0 amide bonds. The molecule has 2 rings (SSSR count). The van der Waals surface area contributed by atoms with Gasteiger partial charge < -0.3 is 5.32 Å². The van der Waals surface area contributed by atoms with Crippen molar-refractivity contribution in [2.24, 2.45) is 5.92 Å². The Hall–Kier alpha value is -0.530. The smallest absolute Gasteiger partial charge is 0.0408 e. The zero-order valence-corrected chi connectivity index (χ0v) is 11.5. The molecular weight excluding hydrogens is 230 g/mol. The summed E-state index contributed by atoms with van der Waals surface area (Å²) in [5.41, 5.74) is 1.41. The number of rotatable bonds is 4. The van der Waals surface area contributed by atoms with Gasteiger partial charge in [0.05, 0.1) is 0 Å². The summed E-state index contributed by atoms with van der Waals surface area (Å²) in [5.74, 6) is 1.38. The Labute approximate surface area is 110 Å². The predicted octanol–water partition coefficient (Wildman–Crippen LogP) is 4.22. The van der Waals surface area contributed by atoms with Crippen molar-refractivity contribution in [1.29, 1.82) is 0 Å². The normalized spacial score (nSPS) is 28.5. The van der Waals surface area contributed by atoms with E-state index in [1.54, 1.807) is 0 Å². The monoisotopic (exact) mass is 251 g/mol. The Balaban J connectivity index is 2.04. The van der Waals surface area contributed by atoms with Gasteiger partial charge in [-0.1, -0.05) is 37.6 Å². The van der Waals surface area contributed by atoms with Gasteiger partial charge in [-0.25, -0.2) is 0 Å². The van der Waals surface area contributed by atoms with Gasteiger partial charge in [0.15, 0.2) is 0 Å². The molecule has 0 bridgehead atoms. The Morgan fingerprint density at radius 2 is 2.18 bits per heavy atom. The lowest BCUT2D eigenvalue weighted by atomic mass is 9.89. The first-order valence-electron chi connectivity index (χ1n) is 6.71. The van der Waals surface area contributed by atoms with Crippen molar-refractivity contribution >= 4 is 11.6 Å². The highest BCUT2D eigenvalue weighted by molar-refractivity contribution is 6.30. The molecule has 0 aliphatic heterocycles. The second kappa shape index (κ2) is 5.88. The first kappa shape index (κ1) is 12.9. The van der Waals surface area contributed by atoms with E-state index in [0.717, 1.165) is 11.6 Å². The number of hydrogen-bond acceptors (Lipinski definition) is 1. The standard InChI is InChI=1S/C15H22ClN/c1-3-9-17-15-8-7-14(11(15)2)12-5-4-6-13(16)10-12/h4-6,10-11,14-15,17H,3,7-9H2,1-2H3. The van der Waals surface area contributed by atoms with E-state index < -0.39 is 0 Å². The molecular formula is C15H22ClN. The van der Waals surface area contributed by atoms with Crippen LogP contribution in [0.3, 0.4) is 0 Å². The molecule has 0 aromatic heterocycles. The maximum Gasteiger partial charge on any atom is 0.0408 e. The molecule has 1 nitrogen and oxygen atoms in total. The van der Waals surface area contributed by atoms with Crippen LogP contribution in [0, 0.1) is 5.92 Å². The highest BCUT2D eigenvalue weighted by Crippen LogP contribution is 2.40. The third kappa shape index (κ3) is 3.02. The molecule has 0 spiro atoms. The van der Waals surface area contributed by atoms with E-state index in [2.05, 4.69) is 37.4 Å². The van der Waals surface area contributed by atoms with Crippen LogP contribution < -0.4 is 5.32 Å².